The molecule has 2 saturated heterocycles. The van der Waals surface area contributed by atoms with E-state index in [1.807, 2.05) is 24.0 Å². The number of rotatable bonds is 4. The Morgan fingerprint density at radius 3 is 2.49 bits per heavy atom. The van der Waals surface area contributed by atoms with Crippen molar-refractivity contribution in [1.82, 2.24) is 15.3 Å². The van der Waals surface area contributed by atoms with Crippen LogP contribution >= 0.6 is 0 Å². The maximum absolute atomic E-state index is 13.3. The lowest BCUT2D eigenvalue weighted by Gasteiger charge is -2.36. The van der Waals surface area contributed by atoms with Crippen LogP contribution in [0.3, 0.4) is 0 Å². The van der Waals surface area contributed by atoms with Crippen molar-refractivity contribution in [3.63, 3.8) is 0 Å². The summed E-state index contributed by atoms with van der Waals surface area (Å²) in [5.74, 6) is 0.769. The second kappa shape index (κ2) is 9.68. The molecule has 35 heavy (non-hydrogen) atoms. The number of esters is 1. The zero-order valence-corrected chi connectivity index (χ0v) is 21.4. The summed E-state index contributed by atoms with van der Waals surface area (Å²) in [7, 11) is 0. The first-order chi connectivity index (χ1) is 16.5. The smallest absolute Gasteiger partial charge is 0.328 e. The van der Waals surface area contributed by atoms with E-state index in [2.05, 4.69) is 26.3 Å². The molecule has 9 nitrogen and oxygen atoms in total. The molecule has 0 bridgehead atoms. The predicted molar refractivity (Wildman–Crippen MR) is 128 cm³/mol. The quantitative estimate of drug-likeness (QED) is 0.651. The SMILES string of the molecule is CCOC(=O)C1CCCCN1C(=O)C1=CC2(CCN(C(=O)c3cc(C(C)(C)C)oc3C)CC2)ON1. The fraction of sp³-hybridized carbons (Fsp3) is 0.654. The zero-order chi connectivity index (χ0) is 25.4. The van der Waals surface area contributed by atoms with Crippen molar-refractivity contribution >= 4 is 17.8 Å². The van der Waals surface area contributed by atoms with E-state index in [-0.39, 0.29) is 29.8 Å². The average molecular weight is 488 g/mol. The first-order valence-electron chi connectivity index (χ1n) is 12.6. The molecule has 1 atom stereocenters. The normalized spacial score (nSPS) is 22.1. The number of amides is 2. The van der Waals surface area contributed by atoms with Gasteiger partial charge in [-0.1, -0.05) is 20.8 Å². The van der Waals surface area contributed by atoms with Gasteiger partial charge in [-0.3, -0.25) is 19.9 Å². The molecule has 2 fully saturated rings. The Hall–Kier alpha value is -2.81. The number of carbonyl (C=O) groups is 3. The highest BCUT2D eigenvalue weighted by Crippen LogP contribution is 2.34. The third kappa shape index (κ3) is 5.10. The van der Waals surface area contributed by atoms with Crippen LogP contribution in [-0.4, -0.2) is 65.5 Å². The molecule has 1 unspecified atom stereocenters. The molecule has 9 heteroatoms. The molecular weight excluding hydrogens is 450 g/mol. The Morgan fingerprint density at radius 2 is 1.86 bits per heavy atom. The van der Waals surface area contributed by atoms with Crippen LogP contribution in [0.1, 0.15) is 81.7 Å². The van der Waals surface area contributed by atoms with E-state index in [0.29, 0.717) is 55.9 Å². The molecule has 4 heterocycles. The van der Waals surface area contributed by atoms with Gasteiger partial charge >= 0.3 is 5.97 Å². The highest BCUT2D eigenvalue weighted by Gasteiger charge is 2.43. The van der Waals surface area contributed by atoms with Gasteiger partial charge in [0.15, 0.2) is 0 Å². The Bertz CT molecular complexity index is 1010. The van der Waals surface area contributed by atoms with Gasteiger partial charge in [-0.15, -0.1) is 0 Å². The first-order valence-corrected chi connectivity index (χ1v) is 12.6. The molecule has 0 saturated carbocycles. The minimum atomic E-state index is -0.654. The number of piperidine rings is 2. The lowest BCUT2D eigenvalue weighted by molar-refractivity contribution is -0.156. The van der Waals surface area contributed by atoms with Crippen LogP contribution < -0.4 is 5.48 Å². The molecule has 2 amide bonds. The summed E-state index contributed by atoms with van der Waals surface area (Å²) in [6.45, 7) is 11.6. The van der Waals surface area contributed by atoms with Crippen LogP contribution in [0.5, 0.6) is 0 Å². The van der Waals surface area contributed by atoms with E-state index < -0.39 is 11.6 Å². The van der Waals surface area contributed by atoms with E-state index in [1.165, 1.54) is 0 Å². The zero-order valence-electron chi connectivity index (χ0n) is 21.4. The Balaban J connectivity index is 1.41. The second-order valence-electron chi connectivity index (χ2n) is 10.7. The Morgan fingerprint density at radius 1 is 1.14 bits per heavy atom. The molecule has 0 aliphatic carbocycles. The van der Waals surface area contributed by atoms with E-state index in [1.54, 1.807) is 11.8 Å². The number of hydrogen-bond donors (Lipinski definition) is 1. The predicted octanol–water partition coefficient (Wildman–Crippen LogP) is 3.22. The molecule has 1 spiro atoms. The van der Waals surface area contributed by atoms with Crippen molar-refractivity contribution in [1.29, 1.82) is 0 Å². The van der Waals surface area contributed by atoms with Gasteiger partial charge in [-0.05, 0) is 45.3 Å². The first kappa shape index (κ1) is 25.3. The van der Waals surface area contributed by atoms with Crippen LogP contribution in [0.4, 0.5) is 0 Å². The number of nitrogens with zero attached hydrogens (tertiary/aromatic N) is 2. The number of likely N-dealkylation sites (tertiary alicyclic amines) is 2. The van der Waals surface area contributed by atoms with Crippen LogP contribution in [0.15, 0.2) is 22.3 Å². The van der Waals surface area contributed by atoms with Gasteiger partial charge in [0.25, 0.3) is 11.8 Å². The molecule has 192 valence electrons. The Kier molecular flexibility index (Phi) is 6.99. The summed E-state index contributed by atoms with van der Waals surface area (Å²) in [6.07, 6.45) is 5.29. The molecule has 4 rings (SSSR count). The highest BCUT2D eigenvalue weighted by atomic mass is 16.7. The number of aryl methyl sites for hydroxylation is 1. The largest absolute Gasteiger partial charge is 0.465 e. The molecule has 3 aliphatic heterocycles. The van der Waals surface area contributed by atoms with Gasteiger partial charge in [0.2, 0.25) is 0 Å². The minimum Gasteiger partial charge on any atom is -0.465 e. The molecule has 3 aliphatic rings. The van der Waals surface area contributed by atoms with E-state index in [9.17, 15) is 14.4 Å². The van der Waals surface area contributed by atoms with Crippen LogP contribution in [-0.2, 0) is 24.6 Å². The summed E-state index contributed by atoms with van der Waals surface area (Å²) in [6, 6.07) is 1.29. The van der Waals surface area contributed by atoms with Crippen molar-refractivity contribution in [3.05, 3.63) is 34.9 Å². The fourth-order valence-corrected chi connectivity index (χ4v) is 4.97. The van der Waals surface area contributed by atoms with Crippen molar-refractivity contribution in [2.45, 2.75) is 83.8 Å². The number of furan rings is 1. The highest BCUT2D eigenvalue weighted by molar-refractivity contribution is 5.96. The fourth-order valence-electron chi connectivity index (χ4n) is 4.97. The van der Waals surface area contributed by atoms with E-state index in [4.69, 9.17) is 14.0 Å². The van der Waals surface area contributed by atoms with Gasteiger partial charge < -0.3 is 19.0 Å². The van der Waals surface area contributed by atoms with Crippen molar-refractivity contribution < 1.29 is 28.4 Å². The van der Waals surface area contributed by atoms with E-state index in [0.717, 1.165) is 18.6 Å². The van der Waals surface area contributed by atoms with Gasteiger partial charge in [0.1, 0.15) is 28.9 Å². The lowest BCUT2D eigenvalue weighted by atomic mass is 9.90. The summed E-state index contributed by atoms with van der Waals surface area (Å²) in [5.41, 5.74) is 2.93. The molecule has 0 radical (unpaired) electrons. The lowest BCUT2D eigenvalue weighted by Crippen LogP contribution is -2.50. The van der Waals surface area contributed by atoms with E-state index >= 15 is 0 Å². The number of carbonyl (C=O) groups excluding carboxylic acids is 3. The van der Waals surface area contributed by atoms with Crippen LogP contribution in [0.25, 0.3) is 0 Å². The summed E-state index contributed by atoms with van der Waals surface area (Å²) < 4.78 is 11.0. The Labute approximate surface area is 206 Å². The third-order valence-electron chi connectivity index (χ3n) is 7.11. The van der Waals surface area contributed by atoms with Crippen LogP contribution in [0.2, 0.25) is 0 Å². The summed E-state index contributed by atoms with van der Waals surface area (Å²) in [4.78, 5) is 48.1. The summed E-state index contributed by atoms with van der Waals surface area (Å²) >= 11 is 0. The number of hydroxylamine groups is 1. The standard InChI is InChI=1S/C26H37N3O6/c1-6-33-24(32)20-9-7-8-12-29(20)23(31)19-16-26(35-27-19)10-13-28(14-11-26)22(30)18-15-21(25(3,4)5)34-17(18)2/h15-16,20,27H,6-14H2,1-5H3. The van der Waals surface area contributed by atoms with Gasteiger partial charge in [-0.25, -0.2) is 4.79 Å². The van der Waals surface area contributed by atoms with Gasteiger partial charge in [-0.2, -0.15) is 0 Å². The van der Waals surface area contributed by atoms with Gasteiger partial charge in [0, 0.05) is 37.9 Å². The molecular formula is C26H37N3O6. The maximum Gasteiger partial charge on any atom is 0.328 e. The summed E-state index contributed by atoms with van der Waals surface area (Å²) in [5, 5.41) is 0. The number of ether oxygens (including phenoxy) is 1. The monoisotopic (exact) mass is 487 g/mol. The van der Waals surface area contributed by atoms with Crippen molar-refractivity contribution in [2.75, 3.05) is 26.2 Å². The molecule has 1 aromatic rings. The third-order valence-corrected chi connectivity index (χ3v) is 7.11. The second-order valence-corrected chi connectivity index (χ2v) is 10.7. The number of hydrogen-bond acceptors (Lipinski definition) is 7. The molecule has 1 aromatic heterocycles. The molecule has 1 N–H and O–H groups in total. The van der Waals surface area contributed by atoms with Crippen molar-refractivity contribution in [3.8, 4) is 0 Å². The van der Waals surface area contributed by atoms with Crippen LogP contribution in [0, 0.1) is 6.92 Å². The van der Waals surface area contributed by atoms with Crippen molar-refractivity contribution in [2.24, 2.45) is 0 Å². The minimum absolute atomic E-state index is 0.0477. The average Bonchev–Trinajstić information content (AvgIpc) is 3.43. The number of nitrogens with one attached hydrogen (secondary N) is 1. The maximum atomic E-state index is 13.3. The van der Waals surface area contributed by atoms with Gasteiger partial charge in [0.05, 0.1) is 12.2 Å². The molecule has 0 aromatic carbocycles. The topological polar surface area (TPSA) is 101 Å².